The number of hydrogen-bond acceptors (Lipinski definition) is 4. The molecule has 0 aromatic carbocycles. The maximum atomic E-state index is 12.4. The Labute approximate surface area is 133 Å². The molecule has 5 nitrogen and oxygen atoms in total. The van der Waals surface area contributed by atoms with E-state index in [2.05, 4.69) is 0 Å². The topological polar surface area (TPSA) is 82.4 Å². The molecular weight excluding hydrogens is 331 g/mol. The minimum Gasteiger partial charge on any atom is -0.425 e. The summed E-state index contributed by atoms with van der Waals surface area (Å²) in [5.74, 6) is -6.60. The molecule has 0 radical (unpaired) electrons. The Morgan fingerprint density at radius 1 is 0.706 bits per heavy atom. The molecular formula is C3F6KNO4S2. The monoisotopic (exact) mass is 331 g/mol. The molecule has 1 aliphatic heterocycles. The standard InChI is InChI=1S/C3F6NO4S2.K/c4-1(5)2(6,7)15(11,12)10-16(13,14)3(1,8)9;/q-1;+1. The maximum absolute atomic E-state index is 12.4. The SMILES string of the molecule is O=S1(=O)[N-]S(=O)(=O)C(F)(F)C(F)(F)C1(F)F.[K+]. The zero-order chi connectivity index (χ0) is 13.2. The van der Waals surface area contributed by atoms with Crippen molar-refractivity contribution in [1.82, 2.24) is 0 Å². The Kier molecular flexibility index (Phi) is 4.56. The van der Waals surface area contributed by atoms with Gasteiger partial charge in [0.25, 0.3) is 0 Å². The summed E-state index contributed by atoms with van der Waals surface area (Å²) in [6.45, 7) is 0. The normalized spacial score (nSPS) is 31.2. The van der Waals surface area contributed by atoms with Gasteiger partial charge in [0, 0.05) is 0 Å². The molecule has 0 aromatic heterocycles. The first-order valence-electron chi connectivity index (χ1n) is 3.07. The van der Waals surface area contributed by atoms with Crippen LogP contribution in [0, 0.1) is 0 Å². The van der Waals surface area contributed by atoms with Crippen LogP contribution in [0.4, 0.5) is 26.3 Å². The van der Waals surface area contributed by atoms with Crippen LogP contribution in [0.3, 0.4) is 0 Å². The van der Waals surface area contributed by atoms with Gasteiger partial charge in [0.05, 0.1) is 0 Å². The van der Waals surface area contributed by atoms with Gasteiger partial charge in [-0.3, -0.25) is 0 Å². The van der Waals surface area contributed by atoms with Crippen molar-refractivity contribution in [2.75, 3.05) is 0 Å². The second kappa shape index (κ2) is 4.29. The Balaban J connectivity index is 0.00000256. The summed E-state index contributed by atoms with van der Waals surface area (Å²) in [5, 5.41) is -12.6. The second-order valence-corrected chi connectivity index (χ2v) is 6.15. The van der Waals surface area contributed by atoms with Gasteiger partial charge in [-0.25, -0.2) is 16.8 Å². The molecule has 0 aliphatic carbocycles. The van der Waals surface area contributed by atoms with Crippen molar-refractivity contribution < 1.29 is 94.6 Å². The maximum Gasteiger partial charge on any atom is 1.00 e. The molecule has 0 aromatic rings. The van der Waals surface area contributed by atoms with E-state index in [1.807, 2.05) is 0 Å². The van der Waals surface area contributed by atoms with E-state index in [1.165, 1.54) is 0 Å². The molecule has 1 rings (SSSR count). The summed E-state index contributed by atoms with van der Waals surface area (Å²) in [7, 11) is -13.1. The fourth-order valence-electron chi connectivity index (χ4n) is 0.716. The van der Waals surface area contributed by atoms with E-state index < -0.39 is 36.5 Å². The van der Waals surface area contributed by atoms with Gasteiger partial charge < -0.3 is 4.13 Å². The molecule has 1 fully saturated rings. The van der Waals surface area contributed by atoms with E-state index in [4.69, 9.17) is 0 Å². The van der Waals surface area contributed by atoms with Crippen LogP contribution in [0.25, 0.3) is 4.13 Å². The van der Waals surface area contributed by atoms with Crippen LogP contribution in [0.2, 0.25) is 0 Å². The molecule has 0 unspecified atom stereocenters. The van der Waals surface area contributed by atoms with Crippen LogP contribution in [-0.2, 0) is 20.0 Å². The van der Waals surface area contributed by atoms with Crippen LogP contribution < -0.4 is 51.4 Å². The molecule has 96 valence electrons. The summed E-state index contributed by atoms with van der Waals surface area (Å²) in [4.78, 5) is 0. The fourth-order valence-corrected chi connectivity index (χ4v) is 3.47. The Morgan fingerprint density at radius 3 is 1.18 bits per heavy atom. The average molecular weight is 331 g/mol. The van der Waals surface area contributed by atoms with E-state index in [0.29, 0.717) is 0 Å². The Morgan fingerprint density at radius 2 is 0.941 bits per heavy atom. The third-order valence-corrected chi connectivity index (χ3v) is 4.95. The van der Waals surface area contributed by atoms with Crippen molar-refractivity contribution in [2.45, 2.75) is 16.4 Å². The van der Waals surface area contributed by atoms with Crippen LogP contribution in [-0.4, -0.2) is 33.3 Å². The van der Waals surface area contributed by atoms with E-state index in [9.17, 15) is 43.2 Å². The number of halogens is 6. The number of nitrogens with zero attached hydrogens (tertiary/aromatic N) is 1. The number of rotatable bonds is 0. The van der Waals surface area contributed by atoms with Gasteiger partial charge in [0.1, 0.15) is 0 Å². The third kappa shape index (κ3) is 2.09. The molecule has 1 saturated heterocycles. The first-order chi connectivity index (χ1) is 6.71. The molecule has 0 amide bonds. The minimum absolute atomic E-state index is 0. The van der Waals surface area contributed by atoms with E-state index in [-0.39, 0.29) is 51.4 Å². The van der Waals surface area contributed by atoms with Crippen molar-refractivity contribution in [1.29, 1.82) is 0 Å². The molecule has 14 heteroatoms. The first-order valence-corrected chi connectivity index (χ1v) is 5.95. The van der Waals surface area contributed by atoms with Gasteiger partial charge in [-0.15, -0.1) is 0 Å². The zero-order valence-corrected chi connectivity index (χ0v) is 12.4. The van der Waals surface area contributed by atoms with Gasteiger partial charge >= 0.3 is 67.8 Å². The van der Waals surface area contributed by atoms with E-state index >= 15 is 0 Å². The average Bonchev–Trinajstić information content (AvgIpc) is 1.98. The van der Waals surface area contributed by atoms with Crippen LogP contribution >= 0.6 is 0 Å². The number of alkyl halides is 6. The summed E-state index contributed by atoms with van der Waals surface area (Å²) in [5.41, 5.74) is 0. The summed E-state index contributed by atoms with van der Waals surface area (Å²) < 4.78 is 117. The largest absolute Gasteiger partial charge is 1.00 e. The van der Waals surface area contributed by atoms with Crippen LogP contribution in [0.5, 0.6) is 0 Å². The van der Waals surface area contributed by atoms with Crippen molar-refractivity contribution in [2.24, 2.45) is 0 Å². The van der Waals surface area contributed by atoms with Gasteiger partial charge in [-0.05, 0) is 0 Å². The van der Waals surface area contributed by atoms with Crippen molar-refractivity contribution in [3.8, 4) is 0 Å². The summed E-state index contributed by atoms with van der Waals surface area (Å²) >= 11 is 0. The predicted octanol–water partition coefficient (Wildman–Crippen LogP) is -2.14. The molecule has 1 aliphatic rings. The van der Waals surface area contributed by atoms with Gasteiger partial charge in [-0.1, -0.05) is 0 Å². The smallest absolute Gasteiger partial charge is 0.425 e. The third-order valence-electron chi connectivity index (χ3n) is 1.58. The fraction of sp³-hybridized carbons (Fsp3) is 1.00. The molecule has 0 spiro atoms. The van der Waals surface area contributed by atoms with Gasteiger partial charge in [0.2, 0.25) is 0 Å². The molecule has 17 heavy (non-hydrogen) atoms. The number of sulfonamides is 2. The Hall–Kier alpha value is 1.08. The van der Waals surface area contributed by atoms with Crippen LogP contribution in [0.15, 0.2) is 0 Å². The quantitative estimate of drug-likeness (QED) is 0.375. The zero-order valence-electron chi connectivity index (χ0n) is 7.66. The minimum atomic E-state index is -6.60. The van der Waals surface area contributed by atoms with Crippen LogP contribution in [0.1, 0.15) is 0 Å². The van der Waals surface area contributed by atoms with E-state index in [0.717, 1.165) is 4.13 Å². The summed E-state index contributed by atoms with van der Waals surface area (Å²) in [6, 6.07) is 0. The first kappa shape index (κ1) is 18.1. The second-order valence-electron chi connectivity index (χ2n) is 2.63. The van der Waals surface area contributed by atoms with Crippen molar-refractivity contribution in [3.63, 3.8) is 0 Å². The summed E-state index contributed by atoms with van der Waals surface area (Å²) in [6.07, 6.45) is 0. The van der Waals surface area contributed by atoms with E-state index in [1.54, 1.807) is 0 Å². The predicted molar refractivity (Wildman–Crippen MR) is 36.0 cm³/mol. The molecule has 1 heterocycles. The molecule has 0 N–H and O–H groups in total. The Bertz CT molecular complexity index is 479. The van der Waals surface area contributed by atoms with Gasteiger partial charge in [-0.2, -0.15) is 26.3 Å². The van der Waals surface area contributed by atoms with Gasteiger partial charge in [0.15, 0.2) is 20.0 Å². The molecule has 0 saturated carbocycles. The molecule has 0 bridgehead atoms. The number of hydrogen-bond donors (Lipinski definition) is 0. The van der Waals surface area contributed by atoms with Crippen molar-refractivity contribution in [3.05, 3.63) is 4.13 Å². The van der Waals surface area contributed by atoms with Crippen molar-refractivity contribution >= 4 is 20.0 Å². The molecule has 0 atom stereocenters.